The summed E-state index contributed by atoms with van der Waals surface area (Å²) in [4.78, 5) is 12.8. The third-order valence-corrected chi connectivity index (χ3v) is 4.84. The molecule has 0 saturated heterocycles. The van der Waals surface area contributed by atoms with E-state index in [1.807, 2.05) is 25.1 Å². The Kier molecular flexibility index (Phi) is 4.36. The summed E-state index contributed by atoms with van der Waals surface area (Å²) in [6.07, 6.45) is 1.95. The SMILES string of the molecule is COc1ccc2c(c1)[C@@]1(CC(C)=C[C@H](COc3cccc(F)c3)O1)C(=O)N2. The number of hydrogen-bond acceptors (Lipinski definition) is 4. The first kappa shape index (κ1) is 17.5. The number of anilines is 1. The Hall–Kier alpha value is -2.86. The molecule has 0 radical (unpaired) electrons. The molecule has 0 aliphatic carbocycles. The number of methoxy groups -OCH3 is 1. The molecule has 0 unspecified atom stereocenters. The van der Waals surface area contributed by atoms with Crippen molar-refractivity contribution in [1.29, 1.82) is 0 Å². The van der Waals surface area contributed by atoms with Gasteiger partial charge in [-0.25, -0.2) is 4.39 Å². The Morgan fingerprint density at radius 2 is 2.11 bits per heavy atom. The van der Waals surface area contributed by atoms with Crippen molar-refractivity contribution in [2.24, 2.45) is 0 Å². The standard InChI is InChI=1S/C21H20FNO4/c1-13-8-17(12-26-16-5-3-4-14(22)9-16)27-21(11-13)18-10-15(25-2)6-7-19(18)23-20(21)24/h3-10,17H,11-12H2,1-2H3,(H,23,24)/t17-,21+/m1/s1. The normalized spacial score (nSPS) is 23.6. The lowest BCUT2D eigenvalue weighted by atomic mass is 9.85. The number of amides is 1. The van der Waals surface area contributed by atoms with E-state index in [2.05, 4.69) is 5.32 Å². The predicted molar refractivity (Wildman–Crippen MR) is 98.4 cm³/mol. The largest absolute Gasteiger partial charge is 0.497 e. The van der Waals surface area contributed by atoms with Gasteiger partial charge < -0.3 is 19.5 Å². The zero-order valence-electron chi connectivity index (χ0n) is 15.1. The van der Waals surface area contributed by atoms with Crippen LogP contribution in [-0.4, -0.2) is 25.7 Å². The van der Waals surface area contributed by atoms with Crippen LogP contribution in [0.2, 0.25) is 0 Å². The number of benzene rings is 2. The highest BCUT2D eigenvalue weighted by Gasteiger charge is 2.51. The van der Waals surface area contributed by atoms with Crippen molar-refractivity contribution in [3.05, 3.63) is 65.5 Å². The van der Waals surface area contributed by atoms with E-state index in [-0.39, 0.29) is 18.3 Å². The van der Waals surface area contributed by atoms with Crippen molar-refractivity contribution in [2.45, 2.75) is 25.0 Å². The Morgan fingerprint density at radius 3 is 2.89 bits per heavy atom. The van der Waals surface area contributed by atoms with E-state index in [0.29, 0.717) is 17.9 Å². The van der Waals surface area contributed by atoms with Crippen LogP contribution >= 0.6 is 0 Å². The highest BCUT2D eigenvalue weighted by Crippen LogP contribution is 2.47. The summed E-state index contributed by atoms with van der Waals surface area (Å²) in [5.41, 5.74) is 1.40. The minimum atomic E-state index is -1.11. The van der Waals surface area contributed by atoms with Gasteiger partial charge in [-0.15, -0.1) is 0 Å². The number of carbonyl (C=O) groups is 1. The number of fused-ring (bicyclic) bond motifs is 2. The molecule has 140 valence electrons. The van der Waals surface area contributed by atoms with Gasteiger partial charge in [0.1, 0.15) is 30.0 Å². The molecule has 1 spiro atoms. The molecule has 4 rings (SSSR count). The number of nitrogens with one attached hydrogen (secondary N) is 1. The fourth-order valence-electron chi connectivity index (χ4n) is 3.65. The first-order chi connectivity index (χ1) is 13.0. The molecule has 0 fully saturated rings. The Labute approximate surface area is 156 Å². The smallest absolute Gasteiger partial charge is 0.261 e. The summed E-state index contributed by atoms with van der Waals surface area (Å²) >= 11 is 0. The summed E-state index contributed by atoms with van der Waals surface area (Å²) in [5, 5.41) is 2.89. The molecule has 1 amide bonds. The van der Waals surface area contributed by atoms with Gasteiger partial charge in [0.2, 0.25) is 0 Å². The maximum Gasteiger partial charge on any atom is 0.261 e. The third-order valence-electron chi connectivity index (χ3n) is 4.84. The molecule has 2 aliphatic heterocycles. The van der Waals surface area contributed by atoms with Crippen LogP contribution in [0, 0.1) is 5.82 Å². The molecule has 1 N–H and O–H groups in total. The zero-order valence-corrected chi connectivity index (χ0v) is 15.1. The lowest BCUT2D eigenvalue weighted by Crippen LogP contribution is -2.44. The zero-order chi connectivity index (χ0) is 19.0. The molecule has 6 heteroatoms. The van der Waals surface area contributed by atoms with Crippen molar-refractivity contribution in [1.82, 2.24) is 0 Å². The van der Waals surface area contributed by atoms with E-state index >= 15 is 0 Å². The summed E-state index contributed by atoms with van der Waals surface area (Å²) in [6, 6.07) is 11.4. The average molecular weight is 369 g/mol. The second-order valence-electron chi connectivity index (χ2n) is 6.81. The van der Waals surface area contributed by atoms with Crippen LogP contribution < -0.4 is 14.8 Å². The Bertz CT molecular complexity index is 926. The fraction of sp³-hybridized carbons (Fsp3) is 0.286. The highest BCUT2D eigenvalue weighted by molar-refractivity contribution is 6.05. The fourth-order valence-corrected chi connectivity index (χ4v) is 3.65. The molecule has 0 saturated carbocycles. The Morgan fingerprint density at radius 1 is 1.26 bits per heavy atom. The van der Waals surface area contributed by atoms with Gasteiger partial charge in [-0.3, -0.25) is 4.79 Å². The molecule has 0 aromatic heterocycles. The summed E-state index contributed by atoms with van der Waals surface area (Å²) < 4.78 is 30.6. The molecule has 0 bridgehead atoms. The Balaban J connectivity index is 1.60. The van der Waals surface area contributed by atoms with E-state index in [1.54, 1.807) is 25.3 Å². The second-order valence-corrected chi connectivity index (χ2v) is 6.81. The molecular formula is C21H20FNO4. The number of halogens is 1. The third kappa shape index (κ3) is 3.17. The topological polar surface area (TPSA) is 56.8 Å². The van der Waals surface area contributed by atoms with Crippen molar-refractivity contribution in [3.8, 4) is 11.5 Å². The number of ether oxygens (including phenoxy) is 3. The van der Waals surface area contributed by atoms with Gasteiger partial charge in [-0.05, 0) is 37.3 Å². The van der Waals surface area contributed by atoms with Crippen LogP contribution in [0.15, 0.2) is 54.1 Å². The predicted octanol–water partition coefficient (Wildman–Crippen LogP) is 3.80. The van der Waals surface area contributed by atoms with E-state index in [9.17, 15) is 9.18 Å². The van der Waals surface area contributed by atoms with E-state index in [4.69, 9.17) is 14.2 Å². The van der Waals surface area contributed by atoms with Gasteiger partial charge in [-0.1, -0.05) is 17.7 Å². The van der Waals surface area contributed by atoms with E-state index < -0.39 is 11.7 Å². The highest BCUT2D eigenvalue weighted by atomic mass is 19.1. The quantitative estimate of drug-likeness (QED) is 0.833. The number of carbonyl (C=O) groups excluding carboxylic acids is 1. The van der Waals surface area contributed by atoms with Crippen molar-refractivity contribution in [2.75, 3.05) is 19.0 Å². The minimum Gasteiger partial charge on any atom is -0.497 e. The van der Waals surface area contributed by atoms with Gasteiger partial charge in [-0.2, -0.15) is 0 Å². The molecule has 2 heterocycles. The van der Waals surface area contributed by atoms with Crippen LogP contribution in [0.5, 0.6) is 11.5 Å². The molecular weight excluding hydrogens is 349 g/mol. The number of rotatable bonds is 4. The maximum absolute atomic E-state index is 13.3. The molecule has 2 aliphatic rings. The second kappa shape index (κ2) is 6.70. The maximum atomic E-state index is 13.3. The van der Waals surface area contributed by atoms with Crippen LogP contribution in [0.4, 0.5) is 10.1 Å². The van der Waals surface area contributed by atoms with Crippen molar-refractivity contribution < 1.29 is 23.4 Å². The minimum absolute atomic E-state index is 0.176. The monoisotopic (exact) mass is 369 g/mol. The lowest BCUT2D eigenvalue weighted by Gasteiger charge is -2.35. The first-order valence-corrected chi connectivity index (χ1v) is 8.73. The van der Waals surface area contributed by atoms with Gasteiger partial charge >= 0.3 is 0 Å². The van der Waals surface area contributed by atoms with E-state index in [0.717, 1.165) is 16.8 Å². The molecule has 27 heavy (non-hydrogen) atoms. The van der Waals surface area contributed by atoms with Gasteiger partial charge in [0, 0.05) is 23.7 Å². The van der Waals surface area contributed by atoms with Crippen LogP contribution in [0.25, 0.3) is 0 Å². The van der Waals surface area contributed by atoms with Crippen molar-refractivity contribution in [3.63, 3.8) is 0 Å². The first-order valence-electron chi connectivity index (χ1n) is 8.73. The van der Waals surface area contributed by atoms with E-state index in [1.165, 1.54) is 12.1 Å². The van der Waals surface area contributed by atoms with Crippen LogP contribution in [0.1, 0.15) is 18.9 Å². The average Bonchev–Trinajstić information content (AvgIpc) is 2.90. The molecule has 5 nitrogen and oxygen atoms in total. The van der Waals surface area contributed by atoms with Gasteiger partial charge in [0.15, 0.2) is 5.60 Å². The van der Waals surface area contributed by atoms with Gasteiger partial charge in [0.25, 0.3) is 5.91 Å². The molecule has 2 aromatic carbocycles. The van der Waals surface area contributed by atoms with Gasteiger partial charge in [0.05, 0.1) is 7.11 Å². The van der Waals surface area contributed by atoms with Crippen LogP contribution in [-0.2, 0) is 15.1 Å². The number of hydrogen-bond donors (Lipinski definition) is 1. The molecule has 2 aromatic rings. The summed E-state index contributed by atoms with van der Waals surface area (Å²) in [7, 11) is 1.58. The lowest BCUT2D eigenvalue weighted by molar-refractivity contribution is -0.151. The molecule has 2 atom stereocenters. The van der Waals surface area contributed by atoms with Crippen molar-refractivity contribution >= 4 is 11.6 Å². The summed E-state index contributed by atoms with van der Waals surface area (Å²) in [6.45, 7) is 2.14. The van der Waals surface area contributed by atoms with Crippen LogP contribution in [0.3, 0.4) is 0 Å². The summed E-state index contributed by atoms with van der Waals surface area (Å²) in [5.74, 6) is 0.514.